The highest BCUT2D eigenvalue weighted by Gasteiger charge is 2.16. The number of carbonyl (C=O) groups is 1. The van der Waals surface area contributed by atoms with Crippen LogP contribution in [0.4, 0.5) is 0 Å². The summed E-state index contributed by atoms with van der Waals surface area (Å²) < 4.78 is 0. The minimum Gasteiger partial charge on any atom is -0.365 e. The number of nitrogens with one attached hydrogen (secondary N) is 2. The van der Waals surface area contributed by atoms with Gasteiger partial charge in [0.15, 0.2) is 6.04 Å². The largest absolute Gasteiger partial charge is 0.365 e. The summed E-state index contributed by atoms with van der Waals surface area (Å²) in [6, 6.07) is -0.359. The van der Waals surface area contributed by atoms with Gasteiger partial charge in [0, 0.05) is 0 Å². The van der Waals surface area contributed by atoms with Gasteiger partial charge >= 0.3 is 0 Å². The van der Waals surface area contributed by atoms with E-state index in [1.165, 1.54) is 0 Å². The average molecular weight is 156 g/mol. The second-order valence-electron chi connectivity index (χ2n) is 2.43. The van der Waals surface area contributed by atoms with Gasteiger partial charge in [0.2, 0.25) is 6.33 Å². The zero-order valence-electron chi connectivity index (χ0n) is 6.13. The summed E-state index contributed by atoms with van der Waals surface area (Å²) in [4.78, 5) is 16.3. The monoisotopic (exact) mass is 156 g/mol. The van der Waals surface area contributed by atoms with E-state index < -0.39 is 0 Å². The van der Waals surface area contributed by atoms with Crippen molar-refractivity contribution in [2.75, 3.05) is 0 Å². The first-order valence-corrected chi connectivity index (χ1v) is 3.36. The highest BCUT2D eigenvalue weighted by molar-refractivity contribution is 5.78. The van der Waals surface area contributed by atoms with E-state index in [4.69, 9.17) is 5.73 Å². The molecule has 0 radical (unpaired) electrons. The molecule has 0 unspecified atom stereocenters. The molecule has 5 heteroatoms. The summed E-state index contributed by atoms with van der Waals surface area (Å²) >= 11 is 0. The molecule has 1 rings (SSSR count). The Bertz CT molecular complexity index is 231. The molecule has 0 bridgehead atoms. The van der Waals surface area contributed by atoms with E-state index >= 15 is 0 Å². The van der Waals surface area contributed by atoms with Crippen LogP contribution in [-0.4, -0.2) is 16.9 Å². The summed E-state index contributed by atoms with van der Waals surface area (Å²) in [6.45, 7) is 0. The molecule has 1 aromatic heterocycles. The number of H-pyrrole nitrogens is 2. The molecule has 5 nitrogen and oxygen atoms in total. The van der Waals surface area contributed by atoms with Gasteiger partial charge in [-0.1, -0.05) is 0 Å². The Balaban J connectivity index is 2.50. The summed E-state index contributed by atoms with van der Waals surface area (Å²) in [6.07, 6.45) is 4.02. The SMILES string of the molecule is NC(=O)[C@@H]([NH3+])Cc1c[nH+]c[nH]1. The van der Waals surface area contributed by atoms with Gasteiger partial charge in [0.05, 0.1) is 6.42 Å². The molecule has 0 aliphatic heterocycles. The van der Waals surface area contributed by atoms with E-state index in [9.17, 15) is 4.79 Å². The topological polar surface area (TPSA) is 101 Å². The molecular weight excluding hydrogens is 144 g/mol. The van der Waals surface area contributed by atoms with Crippen molar-refractivity contribution >= 4 is 5.91 Å². The van der Waals surface area contributed by atoms with Crippen molar-refractivity contribution in [3.63, 3.8) is 0 Å². The third kappa shape index (κ3) is 2.05. The fourth-order valence-corrected chi connectivity index (χ4v) is 0.802. The molecule has 1 atom stereocenters. The molecular formula is C6H12N4O+2. The van der Waals surface area contributed by atoms with Crippen molar-refractivity contribution < 1.29 is 15.5 Å². The standard InChI is InChI=1S/C6H10N4O/c7-5(6(8)11)1-4-2-9-3-10-4/h2-3,5H,1,7H2,(H2,8,11)(H,9,10)/p+2/t5-/m0/s1. The maximum absolute atomic E-state index is 10.6. The Kier molecular flexibility index (Phi) is 2.22. The Morgan fingerprint density at radius 3 is 3.09 bits per heavy atom. The lowest BCUT2D eigenvalue weighted by atomic mass is 10.2. The third-order valence-electron chi connectivity index (χ3n) is 1.47. The van der Waals surface area contributed by atoms with Crippen LogP contribution in [0.5, 0.6) is 0 Å². The van der Waals surface area contributed by atoms with Crippen molar-refractivity contribution in [2.24, 2.45) is 5.73 Å². The lowest BCUT2D eigenvalue weighted by molar-refractivity contribution is -0.403. The number of carbonyl (C=O) groups excluding carboxylic acids is 1. The van der Waals surface area contributed by atoms with Gasteiger partial charge in [0.25, 0.3) is 5.91 Å². The van der Waals surface area contributed by atoms with Gasteiger partial charge in [-0.2, -0.15) is 0 Å². The molecule has 7 N–H and O–H groups in total. The summed E-state index contributed by atoms with van der Waals surface area (Å²) in [7, 11) is 0. The number of amides is 1. The Labute approximate surface area is 63.8 Å². The van der Waals surface area contributed by atoms with E-state index in [0.717, 1.165) is 5.69 Å². The molecule has 0 fully saturated rings. The van der Waals surface area contributed by atoms with Crippen LogP contribution < -0.4 is 16.5 Å². The quantitative estimate of drug-likeness (QED) is 0.441. The highest BCUT2D eigenvalue weighted by atomic mass is 16.1. The van der Waals surface area contributed by atoms with Crippen LogP contribution in [0.2, 0.25) is 0 Å². The Morgan fingerprint density at radius 2 is 2.64 bits per heavy atom. The number of rotatable bonds is 3. The van der Waals surface area contributed by atoms with Crippen molar-refractivity contribution in [2.45, 2.75) is 12.5 Å². The average Bonchev–Trinajstić information content (AvgIpc) is 2.39. The van der Waals surface area contributed by atoms with E-state index in [0.29, 0.717) is 6.42 Å². The van der Waals surface area contributed by atoms with Gasteiger partial charge in [-0.15, -0.1) is 0 Å². The molecule has 0 aliphatic rings. The second kappa shape index (κ2) is 3.16. The van der Waals surface area contributed by atoms with Gasteiger partial charge in [-0.05, 0) is 0 Å². The Morgan fingerprint density at radius 1 is 1.91 bits per heavy atom. The van der Waals surface area contributed by atoms with Crippen molar-refractivity contribution in [1.29, 1.82) is 0 Å². The minimum absolute atomic E-state index is 0.359. The van der Waals surface area contributed by atoms with Crippen LogP contribution in [0, 0.1) is 0 Å². The predicted octanol–water partition coefficient (Wildman–Crippen LogP) is -2.53. The molecule has 1 heterocycles. The molecule has 0 spiro atoms. The first-order valence-electron chi connectivity index (χ1n) is 3.36. The van der Waals surface area contributed by atoms with Crippen LogP contribution >= 0.6 is 0 Å². The number of primary amides is 1. The second-order valence-corrected chi connectivity index (χ2v) is 2.43. The van der Waals surface area contributed by atoms with Crippen molar-refractivity contribution in [1.82, 2.24) is 4.98 Å². The number of hydrogen-bond donors (Lipinski definition) is 3. The molecule has 60 valence electrons. The fraction of sp³-hybridized carbons (Fsp3) is 0.333. The molecule has 0 saturated heterocycles. The van der Waals surface area contributed by atoms with Gasteiger partial charge < -0.3 is 11.5 Å². The summed E-state index contributed by atoms with van der Waals surface area (Å²) in [5.74, 6) is -0.375. The van der Waals surface area contributed by atoms with E-state index in [2.05, 4.69) is 15.7 Å². The number of nitrogens with two attached hydrogens (primary N) is 1. The predicted molar refractivity (Wildman–Crippen MR) is 36.9 cm³/mol. The van der Waals surface area contributed by atoms with Crippen molar-refractivity contribution in [3.05, 3.63) is 18.2 Å². The third-order valence-corrected chi connectivity index (χ3v) is 1.47. The normalized spacial score (nSPS) is 12.8. The maximum atomic E-state index is 10.6. The molecule has 0 aliphatic carbocycles. The Hall–Kier alpha value is -1.36. The molecule has 0 saturated carbocycles. The number of aromatic nitrogens is 2. The number of imidazole rings is 1. The fourth-order valence-electron chi connectivity index (χ4n) is 0.802. The van der Waals surface area contributed by atoms with E-state index in [1.807, 2.05) is 0 Å². The van der Waals surface area contributed by atoms with Crippen LogP contribution in [0.3, 0.4) is 0 Å². The number of hydrogen-bond acceptors (Lipinski definition) is 1. The molecule has 1 aromatic rings. The summed E-state index contributed by atoms with van der Waals surface area (Å²) in [5, 5.41) is 0. The van der Waals surface area contributed by atoms with Gasteiger partial charge in [0.1, 0.15) is 11.9 Å². The van der Waals surface area contributed by atoms with E-state index in [1.54, 1.807) is 12.5 Å². The van der Waals surface area contributed by atoms with Crippen molar-refractivity contribution in [3.8, 4) is 0 Å². The first-order chi connectivity index (χ1) is 5.20. The zero-order valence-corrected chi connectivity index (χ0v) is 6.13. The first kappa shape index (κ1) is 7.74. The minimum atomic E-state index is -0.375. The molecule has 1 amide bonds. The summed E-state index contributed by atoms with van der Waals surface area (Å²) in [5.41, 5.74) is 9.57. The number of aromatic amines is 2. The van der Waals surface area contributed by atoms with Gasteiger partial charge in [-0.25, -0.2) is 4.98 Å². The smallest absolute Gasteiger partial charge is 0.276 e. The van der Waals surface area contributed by atoms with E-state index in [-0.39, 0.29) is 11.9 Å². The molecule has 0 aromatic carbocycles. The van der Waals surface area contributed by atoms with Gasteiger partial charge in [-0.3, -0.25) is 9.78 Å². The maximum Gasteiger partial charge on any atom is 0.276 e. The highest BCUT2D eigenvalue weighted by Crippen LogP contribution is 1.91. The lowest BCUT2D eigenvalue weighted by Gasteiger charge is -1.97. The van der Waals surface area contributed by atoms with Crippen LogP contribution in [0.1, 0.15) is 5.69 Å². The van der Waals surface area contributed by atoms with Crippen LogP contribution in [-0.2, 0) is 11.2 Å². The van der Waals surface area contributed by atoms with Crippen LogP contribution in [0.25, 0.3) is 0 Å². The lowest BCUT2D eigenvalue weighted by Crippen LogP contribution is -2.67. The number of quaternary nitrogens is 1. The zero-order chi connectivity index (χ0) is 8.27. The van der Waals surface area contributed by atoms with Crippen LogP contribution in [0.15, 0.2) is 12.5 Å². The molecule has 11 heavy (non-hydrogen) atoms.